The Morgan fingerprint density at radius 1 is 1.53 bits per heavy atom. The highest BCUT2D eigenvalue weighted by molar-refractivity contribution is 7.10. The summed E-state index contributed by atoms with van der Waals surface area (Å²) in [5.74, 6) is -0.775. The highest BCUT2D eigenvalue weighted by Crippen LogP contribution is 2.38. The zero-order chi connectivity index (χ0) is 13.4. The Balaban J connectivity index is 1.96. The molecule has 1 aliphatic heterocycles. The molecular formula is C13H14N2O2S2. The molecule has 0 aliphatic carbocycles. The Bertz CT molecular complexity index is 579. The van der Waals surface area contributed by atoms with Gasteiger partial charge >= 0.3 is 5.97 Å². The number of rotatable bonds is 3. The van der Waals surface area contributed by atoms with E-state index >= 15 is 0 Å². The summed E-state index contributed by atoms with van der Waals surface area (Å²) >= 11 is 3.23. The van der Waals surface area contributed by atoms with Gasteiger partial charge in [-0.05, 0) is 30.4 Å². The Morgan fingerprint density at radius 2 is 2.37 bits per heavy atom. The zero-order valence-electron chi connectivity index (χ0n) is 10.4. The summed E-state index contributed by atoms with van der Waals surface area (Å²) in [7, 11) is 0. The molecule has 0 fully saturated rings. The minimum absolute atomic E-state index is 0.0362. The maximum atomic E-state index is 11.6. The molecule has 1 N–H and O–H groups in total. The number of carboxylic acid groups (broad SMARTS) is 1. The number of carbonyl (C=O) groups is 1. The van der Waals surface area contributed by atoms with Gasteiger partial charge in [0, 0.05) is 23.0 Å². The smallest absolute Gasteiger partial charge is 0.325 e. The van der Waals surface area contributed by atoms with E-state index in [0.29, 0.717) is 0 Å². The maximum Gasteiger partial charge on any atom is 0.325 e. The summed E-state index contributed by atoms with van der Waals surface area (Å²) in [4.78, 5) is 19.2. The summed E-state index contributed by atoms with van der Waals surface area (Å²) in [6.45, 7) is 2.80. The molecule has 0 radical (unpaired) electrons. The van der Waals surface area contributed by atoms with Crippen molar-refractivity contribution in [3.8, 4) is 0 Å². The van der Waals surface area contributed by atoms with Crippen molar-refractivity contribution in [3.05, 3.63) is 38.5 Å². The number of carboxylic acids is 1. The molecule has 3 rings (SSSR count). The van der Waals surface area contributed by atoms with Gasteiger partial charge < -0.3 is 5.11 Å². The van der Waals surface area contributed by atoms with Crippen LogP contribution in [0.15, 0.2) is 23.0 Å². The van der Waals surface area contributed by atoms with Crippen LogP contribution in [-0.2, 0) is 11.2 Å². The average Bonchev–Trinajstić information content (AvgIpc) is 3.06. The van der Waals surface area contributed by atoms with Gasteiger partial charge in [0.05, 0.1) is 6.04 Å². The summed E-state index contributed by atoms with van der Waals surface area (Å²) < 4.78 is 0. The second-order valence-corrected chi connectivity index (χ2v) is 6.50. The summed E-state index contributed by atoms with van der Waals surface area (Å²) in [5.41, 5.74) is 0.951. The monoisotopic (exact) mass is 294 g/mol. The van der Waals surface area contributed by atoms with Crippen molar-refractivity contribution < 1.29 is 9.90 Å². The molecule has 2 unspecified atom stereocenters. The molecule has 0 bridgehead atoms. The third-order valence-electron chi connectivity index (χ3n) is 3.54. The first kappa shape index (κ1) is 12.8. The quantitative estimate of drug-likeness (QED) is 0.945. The van der Waals surface area contributed by atoms with E-state index in [1.807, 2.05) is 28.7 Å². The van der Waals surface area contributed by atoms with E-state index in [-0.39, 0.29) is 6.04 Å². The van der Waals surface area contributed by atoms with Crippen LogP contribution in [0.2, 0.25) is 0 Å². The van der Waals surface area contributed by atoms with E-state index in [2.05, 4.69) is 4.98 Å². The number of fused-ring (bicyclic) bond motifs is 1. The zero-order valence-corrected chi connectivity index (χ0v) is 12.1. The van der Waals surface area contributed by atoms with Gasteiger partial charge in [0.2, 0.25) is 0 Å². The van der Waals surface area contributed by atoms with Crippen LogP contribution in [0.5, 0.6) is 0 Å². The van der Waals surface area contributed by atoms with Crippen molar-refractivity contribution >= 4 is 28.6 Å². The predicted molar refractivity (Wildman–Crippen MR) is 75.6 cm³/mol. The first-order chi connectivity index (χ1) is 9.18. The van der Waals surface area contributed by atoms with Gasteiger partial charge in [-0.15, -0.1) is 22.7 Å². The van der Waals surface area contributed by atoms with Crippen molar-refractivity contribution in [2.45, 2.75) is 25.4 Å². The molecule has 0 saturated carbocycles. The van der Waals surface area contributed by atoms with E-state index in [4.69, 9.17) is 0 Å². The number of aliphatic carboxylic acids is 1. The third kappa shape index (κ3) is 2.20. The first-order valence-corrected chi connectivity index (χ1v) is 7.88. The maximum absolute atomic E-state index is 11.6. The molecule has 2 atom stereocenters. The fourth-order valence-corrected chi connectivity index (χ4v) is 4.23. The molecule has 0 aromatic carbocycles. The number of thiazole rings is 1. The highest BCUT2D eigenvalue weighted by atomic mass is 32.1. The van der Waals surface area contributed by atoms with Gasteiger partial charge in [0.15, 0.2) is 0 Å². The summed E-state index contributed by atoms with van der Waals surface area (Å²) in [5, 5.41) is 14.5. The molecule has 2 aromatic rings. The molecule has 0 spiro atoms. The topological polar surface area (TPSA) is 53.4 Å². The molecule has 3 heterocycles. The number of hydrogen-bond donors (Lipinski definition) is 1. The summed E-state index contributed by atoms with van der Waals surface area (Å²) in [6.07, 6.45) is 2.69. The van der Waals surface area contributed by atoms with Crippen molar-refractivity contribution in [1.29, 1.82) is 0 Å². The van der Waals surface area contributed by atoms with Crippen LogP contribution in [-0.4, -0.2) is 27.5 Å². The van der Waals surface area contributed by atoms with E-state index in [1.54, 1.807) is 28.9 Å². The van der Waals surface area contributed by atoms with Crippen LogP contribution in [0.1, 0.15) is 34.5 Å². The molecule has 6 heteroatoms. The van der Waals surface area contributed by atoms with Gasteiger partial charge in [0.1, 0.15) is 11.0 Å². The van der Waals surface area contributed by atoms with Crippen LogP contribution >= 0.6 is 22.7 Å². The van der Waals surface area contributed by atoms with Gasteiger partial charge in [-0.25, -0.2) is 4.98 Å². The fraction of sp³-hybridized carbons (Fsp3) is 0.385. The van der Waals surface area contributed by atoms with E-state index in [9.17, 15) is 9.90 Å². The van der Waals surface area contributed by atoms with Crippen LogP contribution in [0.4, 0.5) is 0 Å². The second-order valence-electron chi connectivity index (χ2n) is 4.57. The van der Waals surface area contributed by atoms with Crippen molar-refractivity contribution in [2.75, 3.05) is 6.54 Å². The Kier molecular flexibility index (Phi) is 3.38. The molecule has 0 saturated heterocycles. The van der Waals surface area contributed by atoms with Crippen molar-refractivity contribution in [2.24, 2.45) is 0 Å². The molecular weight excluding hydrogens is 280 g/mol. The first-order valence-electron chi connectivity index (χ1n) is 6.12. The lowest BCUT2D eigenvalue weighted by Crippen LogP contribution is -2.40. The Morgan fingerprint density at radius 3 is 3.05 bits per heavy atom. The lowest BCUT2D eigenvalue weighted by molar-refractivity contribution is -0.145. The predicted octanol–water partition coefficient (Wildman–Crippen LogP) is 2.95. The van der Waals surface area contributed by atoms with Gasteiger partial charge in [-0.3, -0.25) is 9.69 Å². The Hall–Kier alpha value is -1.24. The van der Waals surface area contributed by atoms with Crippen molar-refractivity contribution in [1.82, 2.24) is 9.88 Å². The SMILES string of the molecule is CC(c1nccs1)N1CCc2sccc2C1C(=O)O. The van der Waals surface area contributed by atoms with Crippen LogP contribution in [0.3, 0.4) is 0 Å². The second kappa shape index (κ2) is 5.03. The molecule has 0 amide bonds. The van der Waals surface area contributed by atoms with E-state index in [0.717, 1.165) is 23.5 Å². The van der Waals surface area contributed by atoms with Gasteiger partial charge in [-0.2, -0.15) is 0 Å². The van der Waals surface area contributed by atoms with Crippen LogP contribution in [0, 0.1) is 0 Å². The van der Waals surface area contributed by atoms with Crippen LogP contribution in [0.25, 0.3) is 0 Å². The summed E-state index contributed by atoms with van der Waals surface area (Å²) in [6, 6.07) is 1.43. The number of hydrogen-bond acceptors (Lipinski definition) is 5. The number of thiophene rings is 1. The molecule has 100 valence electrons. The average molecular weight is 294 g/mol. The highest BCUT2D eigenvalue weighted by Gasteiger charge is 2.37. The third-order valence-corrected chi connectivity index (χ3v) is 5.49. The fourth-order valence-electron chi connectivity index (χ4n) is 2.61. The number of nitrogens with zero attached hydrogens (tertiary/aromatic N) is 2. The van der Waals surface area contributed by atoms with E-state index in [1.165, 1.54) is 4.88 Å². The lowest BCUT2D eigenvalue weighted by Gasteiger charge is -2.36. The van der Waals surface area contributed by atoms with Gasteiger partial charge in [-0.1, -0.05) is 0 Å². The lowest BCUT2D eigenvalue weighted by atomic mass is 9.98. The normalized spacial score (nSPS) is 21.0. The Labute approximate surface area is 119 Å². The van der Waals surface area contributed by atoms with E-state index < -0.39 is 12.0 Å². The minimum atomic E-state index is -0.775. The van der Waals surface area contributed by atoms with Crippen LogP contribution < -0.4 is 0 Å². The minimum Gasteiger partial charge on any atom is -0.480 e. The number of aromatic nitrogens is 1. The largest absolute Gasteiger partial charge is 0.480 e. The molecule has 19 heavy (non-hydrogen) atoms. The molecule has 2 aromatic heterocycles. The standard InChI is InChI=1S/C13H14N2O2S2/c1-8(12-14-4-7-19-12)15-5-2-10-9(3-6-18-10)11(15)13(16)17/h3-4,6-8,11H,2,5H2,1H3,(H,16,17). The van der Waals surface area contributed by atoms with Gasteiger partial charge in [0.25, 0.3) is 0 Å². The molecule has 1 aliphatic rings. The molecule has 4 nitrogen and oxygen atoms in total. The van der Waals surface area contributed by atoms with Crippen molar-refractivity contribution in [3.63, 3.8) is 0 Å².